The van der Waals surface area contributed by atoms with Crippen LogP contribution in [0.1, 0.15) is 40.0 Å². The third-order valence-electron chi connectivity index (χ3n) is 4.09. The van der Waals surface area contributed by atoms with Crippen LogP contribution in [0.5, 0.6) is 0 Å². The molecule has 3 unspecified atom stereocenters. The molecule has 2 rings (SSSR count). The van der Waals surface area contributed by atoms with Gasteiger partial charge in [0, 0.05) is 0 Å². The van der Waals surface area contributed by atoms with Gasteiger partial charge in [0.15, 0.2) is 0 Å². The average Bonchev–Trinajstić information content (AvgIpc) is 2.54. The molecule has 0 spiro atoms. The molecule has 0 heteroatoms. The Hall–Kier alpha value is 0. The van der Waals surface area contributed by atoms with E-state index in [1.54, 1.807) is 0 Å². The molecule has 0 N–H and O–H groups in total. The van der Waals surface area contributed by atoms with Gasteiger partial charge in [0.05, 0.1) is 0 Å². The SMILES string of the molecule is CCCC12CC1(C)C2C. The van der Waals surface area contributed by atoms with Gasteiger partial charge in [-0.05, 0) is 29.6 Å². The summed E-state index contributed by atoms with van der Waals surface area (Å²) in [5.41, 5.74) is 1.69. The first-order valence-corrected chi connectivity index (χ1v) is 4.17. The molecular weight excluding hydrogens is 108 g/mol. The molecule has 0 heterocycles. The monoisotopic (exact) mass is 124 g/mol. The lowest BCUT2D eigenvalue weighted by molar-refractivity contribution is 0.464. The van der Waals surface area contributed by atoms with E-state index in [1.807, 2.05) is 0 Å². The summed E-state index contributed by atoms with van der Waals surface area (Å²) in [5.74, 6) is 1.06. The van der Waals surface area contributed by atoms with Crippen molar-refractivity contribution in [2.45, 2.75) is 40.0 Å². The number of rotatable bonds is 2. The van der Waals surface area contributed by atoms with Crippen molar-refractivity contribution in [1.82, 2.24) is 0 Å². The van der Waals surface area contributed by atoms with E-state index in [4.69, 9.17) is 0 Å². The van der Waals surface area contributed by atoms with Crippen LogP contribution in [0.25, 0.3) is 0 Å². The fourth-order valence-electron chi connectivity index (χ4n) is 2.93. The van der Waals surface area contributed by atoms with Crippen LogP contribution in [0.4, 0.5) is 0 Å². The molecule has 9 heavy (non-hydrogen) atoms. The molecule has 0 aromatic carbocycles. The normalized spacial score (nSPS) is 61.0. The molecule has 0 aromatic heterocycles. The van der Waals surface area contributed by atoms with Crippen LogP contribution in [0.2, 0.25) is 0 Å². The molecule has 0 aliphatic heterocycles. The highest BCUT2D eigenvalue weighted by Gasteiger charge is 2.84. The molecule has 2 saturated carbocycles. The van der Waals surface area contributed by atoms with E-state index in [0.29, 0.717) is 0 Å². The molecule has 2 aliphatic rings. The minimum Gasteiger partial charge on any atom is -0.0654 e. The van der Waals surface area contributed by atoms with Gasteiger partial charge in [0.2, 0.25) is 0 Å². The van der Waals surface area contributed by atoms with E-state index >= 15 is 0 Å². The van der Waals surface area contributed by atoms with E-state index in [1.165, 1.54) is 19.3 Å². The summed E-state index contributed by atoms with van der Waals surface area (Å²) in [6.07, 6.45) is 4.42. The highest BCUT2D eigenvalue weighted by atomic mass is 14.9. The van der Waals surface area contributed by atoms with Gasteiger partial charge in [-0.2, -0.15) is 0 Å². The Labute approximate surface area is 57.6 Å². The largest absolute Gasteiger partial charge is 0.0654 e. The third-order valence-corrected chi connectivity index (χ3v) is 4.09. The Morgan fingerprint density at radius 2 is 2.11 bits per heavy atom. The van der Waals surface area contributed by atoms with Crippen LogP contribution in [-0.2, 0) is 0 Å². The molecule has 0 radical (unpaired) electrons. The quantitative estimate of drug-likeness (QED) is 0.531. The summed E-state index contributed by atoms with van der Waals surface area (Å²) in [7, 11) is 0. The maximum Gasteiger partial charge on any atom is -0.0204 e. The van der Waals surface area contributed by atoms with Crippen molar-refractivity contribution >= 4 is 0 Å². The van der Waals surface area contributed by atoms with Crippen molar-refractivity contribution < 1.29 is 0 Å². The Balaban J connectivity index is 2.01. The van der Waals surface area contributed by atoms with E-state index in [-0.39, 0.29) is 0 Å². The van der Waals surface area contributed by atoms with Crippen molar-refractivity contribution in [3.8, 4) is 0 Å². The molecule has 0 amide bonds. The molecule has 52 valence electrons. The first-order chi connectivity index (χ1) is 4.17. The van der Waals surface area contributed by atoms with Gasteiger partial charge < -0.3 is 0 Å². The maximum absolute atomic E-state index is 2.45. The lowest BCUT2D eigenvalue weighted by atomic mass is 10.0. The number of hydrogen-bond acceptors (Lipinski definition) is 0. The summed E-state index contributed by atoms with van der Waals surface area (Å²) in [5, 5.41) is 0. The zero-order valence-corrected chi connectivity index (χ0v) is 6.70. The molecule has 2 aliphatic carbocycles. The van der Waals surface area contributed by atoms with E-state index < -0.39 is 0 Å². The summed E-state index contributed by atoms with van der Waals surface area (Å²) >= 11 is 0. The minimum atomic E-state index is 0.822. The molecule has 0 bridgehead atoms. The lowest BCUT2D eigenvalue weighted by Gasteiger charge is -2.04. The molecule has 0 saturated heterocycles. The lowest BCUT2D eigenvalue weighted by Crippen LogP contribution is -1.94. The van der Waals surface area contributed by atoms with Crippen LogP contribution in [0.3, 0.4) is 0 Å². The molecule has 3 atom stereocenters. The Morgan fingerprint density at radius 3 is 2.22 bits per heavy atom. The van der Waals surface area contributed by atoms with Crippen LogP contribution in [-0.4, -0.2) is 0 Å². The van der Waals surface area contributed by atoms with Gasteiger partial charge in [-0.25, -0.2) is 0 Å². The van der Waals surface area contributed by atoms with Crippen molar-refractivity contribution in [3.63, 3.8) is 0 Å². The van der Waals surface area contributed by atoms with Crippen molar-refractivity contribution in [1.29, 1.82) is 0 Å². The van der Waals surface area contributed by atoms with Gasteiger partial charge in [0.1, 0.15) is 0 Å². The predicted molar refractivity (Wildman–Crippen MR) is 39.2 cm³/mol. The Kier molecular flexibility index (Phi) is 0.774. The predicted octanol–water partition coefficient (Wildman–Crippen LogP) is 2.83. The third kappa shape index (κ3) is 0.395. The summed E-state index contributed by atoms with van der Waals surface area (Å²) in [4.78, 5) is 0. The maximum atomic E-state index is 2.45. The number of hydrogen-bond donors (Lipinski definition) is 0. The highest BCUT2D eigenvalue weighted by Crippen LogP contribution is 2.91. The first kappa shape index (κ1) is 5.76. The topological polar surface area (TPSA) is 0 Å². The van der Waals surface area contributed by atoms with Crippen molar-refractivity contribution in [2.75, 3.05) is 0 Å². The Morgan fingerprint density at radius 1 is 1.56 bits per heavy atom. The standard InChI is InChI=1S/C9H16/c1-4-5-9-6-8(9,3)7(9)2/h7H,4-6H2,1-3H3. The van der Waals surface area contributed by atoms with Crippen molar-refractivity contribution in [3.05, 3.63) is 0 Å². The van der Waals surface area contributed by atoms with E-state index in [0.717, 1.165) is 16.7 Å². The zero-order chi connectivity index (χ0) is 6.70. The minimum absolute atomic E-state index is 0.822. The summed E-state index contributed by atoms with van der Waals surface area (Å²) in [6.45, 7) is 7.17. The summed E-state index contributed by atoms with van der Waals surface area (Å²) in [6, 6.07) is 0. The Bertz CT molecular complexity index is 150. The van der Waals surface area contributed by atoms with Crippen LogP contribution < -0.4 is 0 Å². The highest BCUT2D eigenvalue weighted by molar-refractivity contribution is 5.32. The number of fused-ring (bicyclic) bond motifs is 1. The summed E-state index contributed by atoms with van der Waals surface area (Å²) < 4.78 is 0. The average molecular weight is 124 g/mol. The fraction of sp³-hybridized carbons (Fsp3) is 1.00. The molecule has 0 nitrogen and oxygen atoms in total. The van der Waals surface area contributed by atoms with Gasteiger partial charge in [-0.15, -0.1) is 0 Å². The van der Waals surface area contributed by atoms with Crippen LogP contribution >= 0.6 is 0 Å². The van der Waals surface area contributed by atoms with Crippen molar-refractivity contribution in [2.24, 2.45) is 16.7 Å². The molecule has 0 aromatic rings. The van der Waals surface area contributed by atoms with E-state index in [2.05, 4.69) is 20.8 Å². The second-order valence-electron chi connectivity index (χ2n) is 4.22. The first-order valence-electron chi connectivity index (χ1n) is 4.17. The van der Waals surface area contributed by atoms with E-state index in [9.17, 15) is 0 Å². The zero-order valence-electron chi connectivity index (χ0n) is 6.70. The smallest absolute Gasteiger partial charge is 0.0204 e. The second kappa shape index (κ2) is 1.21. The fourth-order valence-corrected chi connectivity index (χ4v) is 2.93. The van der Waals surface area contributed by atoms with Gasteiger partial charge in [-0.3, -0.25) is 0 Å². The van der Waals surface area contributed by atoms with Gasteiger partial charge in [-0.1, -0.05) is 27.2 Å². The van der Waals surface area contributed by atoms with Crippen LogP contribution in [0.15, 0.2) is 0 Å². The molecular formula is C9H16. The van der Waals surface area contributed by atoms with Crippen LogP contribution in [0, 0.1) is 16.7 Å². The molecule has 2 fully saturated rings. The second-order valence-corrected chi connectivity index (χ2v) is 4.22. The van der Waals surface area contributed by atoms with Gasteiger partial charge in [0.25, 0.3) is 0 Å². The van der Waals surface area contributed by atoms with Gasteiger partial charge >= 0.3 is 0 Å².